The first-order chi connectivity index (χ1) is 16.8. The molecular weight excluding hydrogens is 505 g/mol. The van der Waals surface area contributed by atoms with E-state index < -0.39 is 66.2 Å². The van der Waals surface area contributed by atoms with Gasteiger partial charge in [0.1, 0.15) is 17.2 Å². The van der Waals surface area contributed by atoms with Crippen LogP contribution in [-0.2, 0) is 15.8 Å². The molecule has 0 atom stereocenters. The molecule has 2 amide bonds. The summed E-state index contributed by atoms with van der Waals surface area (Å²) in [5, 5.41) is 14.0. The first-order valence-corrected chi connectivity index (χ1v) is 12.3. The van der Waals surface area contributed by atoms with Crippen LogP contribution in [0.15, 0.2) is 29.2 Å². The van der Waals surface area contributed by atoms with Crippen LogP contribution in [0.25, 0.3) is 0 Å². The standard InChI is InChI=1S/C21H27F2N4O8P/c1-25(6-8-35-3)21(31)17-19(29)18(28)15(12-27(17)26(2)7-9-36(32,33)34)20(30)24-11-13-4-5-14(22)10-16(13)23/h4-5,10,12,29H,6-9,11H2,1-3H3,(H,24,30)(H2,32,33,34). The fourth-order valence-electron chi connectivity index (χ4n) is 3.05. The lowest BCUT2D eigenvalue weighted by molar-refractivity contribution is 0.0727. The minimum atomic E-state index is -4.45. The van der Waals surface area contributed by atoms with Gasteiger partial charge < -0.3 is 34.9 Å². The van der Waals surface area contributed by atoms with Crippen LogP contribution in [0.3, 0.4) is 0 Å². The van der Waals surface area contributed by atoms with Gasteiger partial charge in [-0.25, -0.2) is 8.78 Å². The van der Waals surface area contributed by atoms with Gasteiger partial charge in [-0.3, -0.25) is 23.6 Å². The summed E-state index contributed by atoms with van der Waals surface area (Å²) in [6.45, 7) is -0.515. The van der Waals surface area contributed by atoms with Crippen LogP contribution >= 0.6 is 7.60 Å². The normalized spacial score (nSPS) is 11.3. The van der Waals surface area contributed by atoms with Crippen molar-refractivity contribution >= 4 is 19.4 Å². The van der Waals surface area contributed by atoms with Gasteiger partial charge in [0.05, 0.1) is 12.8 Å². The molecule has 1 heterocycles. The maximum atomic E-state index is 13.9. The zero-order valence-electron chi connectivity index (χ0n) is 19.8. The SMILES string of the molecule is COCCN(C)C(=O)c1c(O)c(=O)c(C(=O)NCc2ccc(F)cc2F)cn1N(C)CCP(=O)(O)O. The smallest absolute Gasteiger partial charge is 0.327 e. The van der Waals surface area contributed by atoms with E-state index in [2.05, 4.69) is 5.32 Å². The van der Waals surface area contributed by atoms with Crippen molar-refractivity contribution in [2.45, 2.75) is 6.54 Å². The van der Waals surface area contributed by atoms with E-state index in [-0.39, 0.29) is 25.3 Å². The summed E-state index contributed by atoms with van der Waals surface area (Å²) in [5.74, 6) is -4.68. The molecule has 198 valence electrons. The Morgan fingerprint density at radius 1 is 1.19 bits per heavy atom. The van der Waals surface area contributed by atoms with Gasteiger partial charge in [-0.2, -0.15) is 0 Å². The lowest BCUT2D eigenvalue weighted by Gasteiger charge is -2.28. The van der Waals surface area contributed by atoms with E-state index in [0.29, 0.717) is 6.07 Å². The quantitative estimate of drug-likeness (QED) is 0.297. The molecule has 0 aliphatic carbocycles. The third-order valence-electron chi connectivity index (χ3n) is 5.13. The number of benzene rings is 1. The molecule has 0 spiro atoms. The highest BCUT2D eigenvalue weighted by Crippen LogP contribution is 2.33. The van der Waals surface area contributed by atoms with Gasteiger partial charge in [0.25, 0.3) is 11.8 Å². The minimum Gasteiger partial charge on any atom is -0.502 e. The van der Waals surface area contributed by atoms with Crippen molar-refractivity contribution in [2.24, 2.45) is 0 Å². The van der Waals surface area contributed by atoms with Crippen LogP contribution in [0, 0.1) is 11.6 Å². The van der Waals surface area contributed by atoms with Gasteiger partial charge in [0.15, 0.2) is 11.4 Å². The lowest BCUT2D eigenvalue weighted by atomic mass is 10.1. The third-order valence-corrected chi connectivity index (χ3v) is 5.91. The average Bonchev–Trinajstić information content (AvgIpc) is 2.80. The Morgan fingerprint density at radius 2 is 1.86 bits per heavy atom. The topological polar surface area (TPSA) is 162 Å². The highest BCUT2D eigenvalue weighted by Gasteiger charge is 2.28. The van der Waals surface area contributed by atoms with Crippen molar-refractivity contribution in [3.8, 4) is 5.75 Å². The molecule has 0 saturated heterocycles. The molecular formula is C21H27F2N4O8P. The van der Waals surface area contributed by atoms with Gasteiger partial charge in [-0.1, -0.05) is 6.07 Å². The van der Waals surface area contributed by atoms with Crippen molar-refractivity contribution in [2.75, 3.05) is 52.1 Å². The molecule has 2 aromatic rings. The molecule has 4 N–H and O–H groups in total. The molecule has 0 aliphatic rings. The van der Waals surface area contributed by atoms with Crippen molar-refractivity contribution in [1.82, 2.24) is 14.9 Å². The summed E-state index contributed by atoms with van der Waals surface area (Å²) in [4.78, 5) is 58.1. The van der Waals surface area contributed by atoms with E-state index >= 15 is 0 Å². The zero-order valence-corrected chi connectivity index (χ0v) is 20.7. The van der Waals surface area contributed by atoms with E-state index in [0.717, 1.165) is 32.9 Å². The summed E-state index contributed by atoms with van der Waals surface area (Å²) in [5.41, 5.74) is -2.45. The predicted octanol–water partition coefficient (Wildman–Crippen LogP) is 0.226. The van der Waals surface area contributed by atoms with E-state index in [9.17, 15) is 42.6 Å². The van der Waals surface area contributed by atoms with E-state index in [4.69, 9.17) is 4.74 Å². The minimum absolute atomic E-state index is 0.0698. The van der Waals surface area contributed by atoms with E-state index in [1.54, 1.807) is 0 Å². The van der Waals surface area contributed by atoms with Crippen molar-refractivity contribution in [1.29, 1.82) is 0 Å². The Labute approximate surface area is 204 Å². The number of nitrogens with zero attached hydrogens (tertiary/aromatic N) is 3. The number of hydrogen-bond acceptors (Lipinski definition) is 7. The Kier molecular flexibility index (Phi) is 9.70. The Balaban J connectivity index is 2.48. The van der Waals surface area contributed by atoms with Crippen LogP contribution in [-0.4, -0.2) is 83.3 Å². The van der Waals surface area contributed by atoms with E-state index in [1.165, 1.54) is 21.2 Å². The van der Waals surface area contributed by atoms with Gasteiger partial charge >= 0.3 is 7.60 Å². The summed E-state index contributed by atoms with van der Waals surface area (Å²) >= 11 is 0. The average molecular weight is 532 g/mol. The first-order valence-electron chi connectivity index (χ1n) is 10.5. The molecule has 1 aromatic heterocycles. The number of carbonyl (C=O) groups excluding carboxylic acids is 2. The second-order valence-electron chi connectivity index (χ2n) is 7.82. The molecule has 36 heavy (non-hydrogen) atoms. The zero-order chi connectivity index (χ0) is 27.2. The predicted molar refractivity (Wildman–Crippen MR) is 125 cm³/mol. The number of carbonyl (C=O) groups is 2. The largest absolute Gasteiger partial charge is 0.502 e. The Hall–Kier alpha value is -3.32. The fraction of sp³-hybridized carbons (Fsp3) is 0.381. The maximum absolute atomic E-state index is 13.9. The number of aromatic nitrogens is 1. The first kappa shape index (κ1) is 28.9. The van der Waals surface area contributed by atoms with Gasteiger partial charge in [0, 0.05) is 58.7 Å². The molecule has 12 nitrogen and oxygen atoms in total. The number of ether oxygens (including phenoxy) is 1. The molecule has 1 aromatic carbocycles. The van der Waals surface area contributed by atoms with Crippen LogP contribution in [0.4, 0.5) is 8.78 Å². The van der Waals surface area contributed by atoms with E-state index in [1.807, 2.05) is 0 Å². The van der Waals surface area contributed by atoms with Crippen molar-refractivity contribution < 1.29 is 42.6 Å². The Morgan fingerprint density at radius 3 is 2.44 bits per heavy atom. The molecule has 0 fully saturated rings. The number of pyridine rings is 1. The number of hydrogen-bond donors (Lipinski definition) is 4. The number of likely N-dealkylation sites (N-methyl/N-ethyl adjacent to an activating group) is 1. The lowest BCUT2D eigenvalue weighted by Crippen LogP contribution is -2.42. The van der Waals surface area contributed by atoms with Gasteiger partial charge in [0.2, 0.25) is 5.43 Å². The second kappa shape index (κ2) is 12.1. The van der Waals surface area contributed by atoms with Crippen molar-refractivity contribution in [3.05, 3.63) is 63.1 Å². The molecule has 15 heteroatoms. The molecule has 0 unspecified atom stereocenters. The highest BCUT2D eigenvalue weighted by atomic mass is 31.2. The number of halogens is 2. The molecule has 0 bridgehead atoms. The number of methoxy groups -OCH3 is 1. The van der Waals surface area contributed by atoms with Crippen LogP contribution < -0.4 is 15.8 Å². The summed E-state index contributed by atoms with van der Waals surface area (Å²) < 4.78 is 44.2. The second-order valence-corrected chi connectivity index (χ2v) is 9.60. The number of rotatable bonds is 11. The molecule has 0 radical (unpaired) electrons. The monoisotopic (exact) mass is 532 g/mol. The Bertz CT molecular complexity index is 1230. The van der Waals surface area contributed by atoms with Crippen LogP contribution in [0.2, 0.25) is 0 Å². The van der Waals surface area contributed by atoms with Gasteiger partial charge in [-0.15, -0.1) is 0 Å². The number of aromatic hydroxyl groups is 1. The number of nitrogens with one attached hydrogen (secondary N) is 1. The van der Waals surface area contributed by atoms with Gasteiger partial charge in [-0.05, 0) is 6.07 Å². The molecule has 0 saturated carbocycles. The molecule has 0 aliphatic heterocycles. The summed E-state index contributed by atoms with van der Waals surface area (Å²) in [6, 6.07) is 2.71. The van der Waals surface area contributed by atoms with Crippen LogP contribution in [0.5, 0.6) is 5.75 Å². The van der Waals surface area contributed by atoms with Crippen LogP contribution in [0.1, 0.15) is 26.4 Å². The third kappa shape index (κ3) is 7.34. The fourth-order valence-corrected chi connectivity index (χ4v) is 3.60. The molecule has 2 rings (SSSR count). The highest BCUT2D eigenvalue weighted by molar-refractivity contribution is 7.51. The number of amides is 2. The summed E-state index contributed by atoms with van der Waals surface area (Å²) in [6.07, 6.45) is 0.296. The maximum Gasteiger partial charge on any atom is 0.327 e. The van der Waals surface area contributed by atoms with Crippen molar-refractivity contribution in [3.63, 3.8) is 0 Å². The summed E-state index contributed by atoms with van der Waals surface area (Å²) in [7, 11) is -0.343.